The van der Waals surface area contributed by atoms with Crippen LogP contribution in [0.25, 0.3) is 10.9 Å². The monoisotopic (exact) mass is 561 g/mol. The highest BCUT2D eigenvalue weighted by Crippen LogP contribution is 2.36. The molecule has 5 heteroatoms. The van der Waals surface area contributed by atoms with Gasteiger partial charge in [-0.25, -0.2) is 0 Å². The number of nitrogens with zero attached hydrogens (tertiary/aromatic N) is 3. The van der Waals surface area contributed by atoms with E-state index in [9.17, 15) is 4.79 Å². The predicted molar refractivity (Wildman–Crippen MR) is 168 cm³/mol. The minimum absolute atomic E-state index is 0.0710. The molecule has 41 heavy (non-hydrogen) atoms. The van der Waals surface area contributed by atoms with Gasteiger partial charge in [-0.3, -0.25) is 9.69 Å². The van der Waals surface area contributed by atoms with Gasteiger partial charge < -0.3 is 9.47 Å². The van der Waals surface area contributed by atoms with E-state index in [1.54, 1.807) is 0 Å². The number of aryl methyl sites for hydroxylation is 1. The number of piperazine rings is 1. The summed E-state index contributed by atoms with van der Waals surface area (Å²) in [6.45, 7) is 6.13. The molecule has 1 atom stereocenters. The van der Waals surface area contributed by atoms with Crippen LogP contribution in [0.3, 0.4) is 0 Å². The van der Waals surface area contributed by atoms with Crippen LogP contribution in [0.2, 0.25) is 5.02 Å². The molecule has 0 bridgehead atoms. The molecule has 5 aromatic rings. The molecule has 1 fully saturated rings. The minimum Gasteiger partial charge on any atom is -0.347 e. The molecule has 0 radical (unpaired) electrons. The van der Waals surface area contributed by atoms with E-state index in [-0.39, 0.29) is 17.9 Å². The molecule has 4 aromatic carbocycles. The Morgan fingerprint density at radius 2 is 1.37 bits per heavy atom. The number of carbonyl (C=O) groups is 1. The molecule has 1 aliphatic rings. The quantitative estimate of drug-likeness (QED) is 0.193. The number of carbonyl (C=O) groups excluding carboxylic acids is 1. The second-order valence-electron chi connectivity index (χ2n) is 10.8. The molecule has 2 heterocycles. The lowest BCUT2D eigenvalue weighted by Crippen LogP contribution is -2.50. The number of hydrogen-bond acceptors (Lipinski definition) is 2. The number of benzene rings is 4. The lowest BCUT2D eigenvalue weighted by molar-refractivity contribution is -0.133. The molecule has 1 saturated heterocycles. The normalized spacial score (nSPS) is 15.0. The number of hydrogen-bond donors (Lipinski definition) is 0. The standard InChI is InChI=1S/C36H36ClN3O/c1-2-38-26-33(31-18-9-10-19-34(31)38)32(29-16-11-17-30(37)24-29)25-35(41)39-20-22-40(23-21-39)36(27-12-5-3-6-13-27)28-14-7-4-8-15-28/h3-19,24,26,32,36H,2,20-23,25H2,1H3. The van der Waals surface area contributed by atoms with Crippen molar-refractivity contribution in [1.82, 2.24) is 14.4 Å². The van der Waals surface area contributed by atoms with E-state index in [1.165, 1.54) is 27.6 Å². The van der Waals surface area contributed by atoms with Crippen molar-refractivity contribution < 1.29 is 4.79 Å². The first-order valence-corrected chi connectivity index (χ1v) is 14.9. The molecule has 208 valence electrons. The molecular formula is C36H36ClN3O. The predicted octanol–water partition coefficient (Wildman–Crippen LogP) is 7.77. The number of fused-ring (bicyclic) bond motifs is 1. The zero-order chi connectivity index (χ0) is 28.2. The SMILES string of the molecule is CCn1cc(C(CC(=O)N2CCN(C(c3ccccc3)c3ccccc3)CC2)c2cccc(Cl)c2)c2ccccc21. The fourth-order valence-electron chi connectivity index (χ4n) is 6.36. The van der Waals surface area contributed by atoms with E-state index in [2.05, 4.69) is 118 Å². The fourth-order valence-corrected chi connectivity index (χ4v) is 6.56. The van der Waals surface area contributed by atoms with Gasteiger partial charge in [0.15, 0.2) is 0 Å². The van der Waals surface area contributed by atoms with Crippen LogP contribution in [-0.4, -0.2) is 46.5 Å². The van der Waals surface area contributed by atoms with Gasteiger partial charge >= 0.3 is 0 Å². The average Bonchev–Trinajstić information content (AvgIpc) is 3.40. The van der Waals surface area contributed by atoms with Crippen molar-refractivity contribution in [2.45, 2.75) is 31.8 Å². The average molecular weight is 562 g/mol. The Balaban J connectivity index is 1.24. The molecule has 1 aliphatic heterocycles. The van der Waals surface area contributed by atoms with Crippen LogP contribution in [0.1, 0.15) is 47.6 Å². The summed E-state index contributed by atoms with van der Waals surface area (Å²) < 4.78 is 2.28. The molecular weight excluding hydrogens is 526 g/mol. The molecule has 1 aromatic heterocycles. The zero-order valence-corrected chi connectivity index (χ0v) is 24.3. The Hall–Kier alpha value is -3.86. The van der Waals surface area contributed by atoms with Crippen molar-refractivity contribution in [1.29, 1.82) is 0 Å². The maximum atomic E-state index is 13.9. The largest absolute Gasteiger partial charge is 0.347 e. The lowest BCUT2D eigenvalue weighted by Gasteiger charge is -2.40. The van der Waals surface area contributed by atoms with E-state index in [0.29, 0.717) is 24.5 Å². The van der Waals surface area contributed by atoms with Gasteiger partial charge in [0, 0.05) is 67.2 Å². The Morgan fingerprint density at radius 3 is 2.00 bits per heavy atom. The molecule has 1 unspecified atom stereocenters. The number of rotatable bonds is 8. The topological polar surface area (TPSA) is 28.5 Å². The highest BCUT2D eigenvalue weighted by molar-refractivity contribution is 6.30. The van der Waals surface area contributed by atoms with Crippen LogP contribution in [0.15, 0.2) is 115 Å². The fraction of sp³-hybridized carbons (Fsp3) is 0.250. The van der Waals surface area contributed by atoms with Gasteiger partial charge in [-0.05, 0) is 47.4 Å². The molecule has 0 aliphatic carbocycles. The van der Waals surface area contributed by atoms with E-state index in [1.807, 2.05) is 18.2 Å². The van der Waals surface area contributed by atoms with E-state index >= 15 is 0 Å². The van der Waals surface area contributed by atoms with Gasteiger partial charge in [-0.2, -0.15) is 0 Å². The second kappa shape index (κ2) is 12.3. The third-order valence-corrected chi connectivity index (χ3v) is 8.66. The molecule has 4 nitrogen and oxygen atoms in total. The van der Waals surface area contributed by atoms with Crippen LogP contribution in [-0.2, 0) is 11.3 Å². The molecule has 6 rings (SSSR count). The number of halogens is 1. The van der Waals surface area contributed by atoms with Crippen molar-refractivity contribution >= 4 is 28.4 Å². The van der Waals surface area contributed by atoms with E-state index in [4.69, 9.17) is 11.6 Å². The Morgan fingerprint density at radius 1 is 0.756 bits per heavy atom. The number of aromatic nitrogens is 1. The summed E-state index contributed by atoms with van der Waals surface area (Å²) in [6.07, 6.45) is 2.64. The highest BCUT2D eigenvalue weighted by Gasteiger charge is 2.30. The van der Waals surface area contributed by atoms with Gasteiger partial charge in [0.1, 0.15) is 0 Å². The summed E-state index contributed by atoms with van der Waals surface area (Å²) in [5.41, 5.74) is 6.03. The van der Waals surface area contributed by atoms with Crippen molar-refractivity contribution in [2.24, 2.45) is 0 Å². The first-order valence-electron chi connectivity index (χ1n) is 14.6. The third-order valence-electron chi connectivity index (χ3n) is 8.43. The van der Waals surface area contributed by atoms with Gasteiger partial charge in [0.25, 0.3) is 0 Å². The van der Waals surface area contributed by atoms with Gasteiger partial charge in [0.05, 0.1) is 6.04 Å². The summed E-state index contributed by atoms with van der Waals surface area (Å²) in [6, 6.07) is 38.1. The smallest absolute Gasteiger partial charge is 0.223 e. The molecule has 0 N–H and O–H groups in total. The molecule has 0 saturated carbocycles. The van der Waals surface area contributed by atoms with Crippen molar-refractivity contribution in [3.63, 3.8) is 0 Å². The molecule has 0 spiro atoms. The first-order chi connectivity index (χ1) is 20.1. The van der Waals surface area contributed by atoms with Gasteiger partial charge in [0.2, 0.25) is 5.91 Å². The summed E-state index contributed by atoms with van der Waals surface area (Å²) in [5.74, 6) is 0.122. The summed E-state index contributed by atoms with van der Waals surface area (Å²) in [5, 5.41) is 1.89. The zero-order valence-electron chi connectivity index (χ0n) is 23.5. The van der Waals surface area contributed by atoms with Crippen LogP contribution in [0.4, 0.5) is 0 Å². The number of amides is 1. The second-order valence-corrected chi connectivity index (χ2v) is 11.3. The molecule has 1 amide bonds. The Labute approximate surface area is 247 Å². The van der Waals surface area contributed by atoms with Crippen LogP contribution >= 0.6 is 11.6 Å². The summed E-state index contributed by atoms with van der Waals surface area (Å²) in [4.78, 5) is 18.5. The van der Waals surface area contributed by atoms with Gasteiger partial charge in [-0.15, -0.1) is 0 Å². The van der Waals surface area contributed by atoms with Crippen molar-refractivity contribution in [3.05, 3.63) is 143 Å². The van der Waals surface area contributed by atoms with Crippen molar-refractivity contribution in [2.75, 3.05) is 26.2 Å². The maximum Gasteiger partial charge on any atom is 0.223 e. The van der Waals surface area contributed by atoms with Crippen LogP contribution in [0.5, 0.6) is 0 Å². The summed E-state index contributed by atoms with van der Waals surface area (Å²) >= 11 is 6.45. The lowest BCUT2D eigenvalue weighted by atomic mass is 9.87. The number of para-hydroxylation sites is 1. The Bertz CT molecular complexity index is 1570. The van der Waals surface area contributed by atoms with E-state index in [0.717, 1.165) is 25.2 Å². The van der Waals surface area contributed by atoms with Gasteiger partial charge in [-0.1, -0.05) is 103 Å². The first kappa shape index (κ1) is 27.3. The van der Waals surface area contributed by atoms with Crippen LogP contribution < -0.4 is 0 Å². The van der Waals surface area contributed by atoms with E-state index < -0.39 is 0 Å². The van der Waals surface area contributed by atoms with Crippen LogP contribution in [0, 0.1) is 0 Å². The third kappa shape index (κ3) is 5.81. The Kier molecular flexibility index (Phi) is 8.22. The van der Waals surface area contributed by atoms with Crippen molar-refractivity contribution in [3.8, 4) is 0 Å². The minimum atomic E-state index is -0.0710. The summed E-state index contributed by atoms with van der Waals surface area (Å²) in [7, 11) is 0. The highest BCUT2D eigenvalue weighted by atomic mass is 35.5. The maximum absolute atomic E-state index is 13.9.